The first-order chi connectivity index (χ1) is 33.8. The van der Waals surface area contributed by atoms with Gasteiger partial charge in [0.1, 0.15) is 11.2 Å². The van der Waals surface area contributed by atoms with Gasteiger partial charge in [-0.25, -0.2) is 0 Å². The van der Waals surface area contributed by atoms with Gasteiger partial charge in [0.2, 0.25) is 0 Å². The van der Waals surface area contributed by atoms with Gasteiger partial charge < -0.3 is 14.2 Å². The fourth-order valence-electron chi connectivity index (χ4n) is 12.4. The molecule has 2 aromatic heterocycles. The number of thiophene rings is 1. The molecule has 0 spiro atoms. The van der Waals surface area contributed by atoms with E-state index < -0.39 is 0 Å². The molecule has 0 unspecified atom stereocenters. The van der Waals surface area contributed by atoms with Crippen molar-refractivity contribution in [2.24, 2.45) is 0 Å². The van der Waals surface area contributed by atoms with Gasteiger partial charge in [0.15, 0.2) is 0 Å². The van der Waals surface area contributed by atoms with Crippen LogP contribution in [0.4, 0.5) is 34.1 Å². The Labute approximate surface area is 433 Å². The van der Waals surface area contributed by atoms with Crippen molar-refractivity contribution >= 4 is 99.9 Å². The predicted octanol–water partition coefficient (Wildman–Crippen LogP) is 17.5. The third-order valence-electron chi connectivity index (χ3n) is 17.3. The van der Waals surface area contributed by atoms with Crippen molar-refractivity contribution in [1.29, 1.82) is 0 Å². The average Bonchev–Trinajstić information content (AvgIpc) is 3.88. The summed E-state index contributed by atoms with van der Waals surface area (Å²) < 4.78 is 9.85. The van der Waals surface area contributed by atoms with Crippen molar-refractivity contribution < 1.29 is 4.42 Å². The molecule has 0 saturated carbocycles. The van der Waals surface area contributed by atoms with Crippen LogP contribution in [0.25, 0.3) is 32.0 Å². The second-order valence-electron chi connectivity index (χ2n) is 26.6. The Morgan fingerprint density at radius 3 is 1.57 bits per heavy atom. The molecule has 5 heteroatoms. The molecule has 3 nitrogen and oxygen atoms in total. The van der Waals surface area contributed by atoms with Crippen LogP contribution < -0.4 is 25.5 Å². The van der Waals surface area contributed by atoms with E-state index in [0.717, 1.165) is 17.6 Å². The molecule has 0 bridgehead atoms. The summed E-state index contributed by atoms with van der Waals surface area (Å²) in [6, 6.07) is 52.1. The molecule has 72 heavy (non-hydrogen) atoms. The summed E-state index contributed by atoms with van der Waals surface area (Å²) in [7, 11) is 0. The molecule has 0 radical (unpaired) electrons. The van der Waals surface area contributed by atoms with Crippen LogP contribution in [-0.4, -0.2) is 6.71 Å². The van der Waals surface area contributed by atoms with Gasteiger partial charge in [-0.2, -0.15) is 0 Å². The number of fused-ring (bicyclic) bond motifs is 10. The molecule has 0 amide bonds. The Kier molecular flexibility index (Phi) is 10.1. The fraction of sp³-hybridized carbons (Fsp3) is 0.343. The second-order valence-corrected chi connectivity index (χ2v) is 27.6. The van der Waals surface area contributed by atoms with Crippen LogP contribution in [0.3, 0.4) is 0 Å². The molecule has 0 fully saturated rings. The fourth-order valence-corrected chi connectivity index (χ4v) is 13.7. The van der Waals surface area contributed by atoms with Gasteiger partial charge in [0.05, 0.1) is 5.69 Å². The number of rotatable bonds is 4. The average molecular weight is 963 g/mol. The van der Waals surface area contributed by atoms with Gasteiger partial charge in [-0.15, -0.1) is 11.3 Å². The van der Waals surface area contributed by atoms with E-state index in [1.165, 1.54) is 116 Å². The first-order valence-electron chi connectivity index (χ1n) is 26.5. The minimum atomic E-state index is -0.209. The summed E-state index contributed by atoms with van der Waals surface area (Å²) in [6.07, 6.45) is 2.33. The zero-order valence-electron chi connectivity index (χ0n) is 45.4. The Bertz CT molecular complexity index is 3660. The monoisotopic (exact) mass is 963 g/mol. The summed E-state index contributed by atoms with van der Waals surface area (Å²) in [5.74, 6) is 0. The van der Waals surface area contributed by atoms with Crippen molar-refractivity contribution in [3.8, 4) is 0 Å². The van der Waals surface area contributed by atoms with E-state index in [9.17, 15) is 0 Å². The van der Waals surface area contributed by atoms with Crippen molar-refractivity contribution in [1.82, 2.24) is 0 Å². The highest BCUT2D eigenvalue weighted by Crippen LogP contribution is 2.53. The lowest BCUT2D eigenvalue weighted by molar-refractivity contribution is 0.332. The van der Waals surface area contributed by atoms with Crippen LogP contribution in [0.1, 0.15) is 156 Å². The maximum Gasteiger partial charge on any atom is 0.264 e. The quantitative estimate of drug-likeness (QED) is 0.164. The molecule has 364 valence electrons. The first-order valence-corrected chi connectivity index (χ1v) is 27.3. The molecular formula is C67H71BN2OS. The Balaban J connectivity index is 1.20. The summed E-state index contributed by atoms with van der Waals surface area (Å²) in [5, 5.41) is 3.69. The van der Waals surface area contributed by atoms with Gasteiger partial charge in [-0.3, -0.25) is 0 Å². The van der Waals surface area contributed by atoms with Gasteiger partial charge >= 0.3 is 0 Å². The Hall–Kier alpha value is -6.04. The number of hydrogen-bond acceptors (Lipinski definition) is 4. The van der Waals surface area contributed by atoms with E-state index in [-0.39, 0.29) is 39.2 Å². The molecule has 0 saturated heterocycles. The molecule has 0 N–H and O–H groups in total. The van der Waals surface area contributed by atoms with Crippen LogP contribution >= 0.6 is 11.3 Å². The Morgan fingerprint density at radius 2 is 0.986 bits per heavy atom. The number of benzene rings is 7. The van der Waals surface area contributed by atoms with Crippen molar-refractivity contribution in [2.45, 2.75) is 149 Å². The smallest absolute Gasteiger partial charge is 0.264 e. The molecule has 2 aliphatic heterocycles. The lowest BCUT2D eigenvalue weighted by atomic mass is 9.36. The van der Waals surface area contributed by atoms with Crippen LogP contribution in [0.2, 0.25) is 0 Å². The van der Waals surface area contributed by atoms with E-state index in [2.05, 4.69) is 247 Å². The summed E-state index contributed by atoms with van der Waals surface area (Å²) in [6.45, 7) is 35.4. The lowest BCUT2D eigenvalue weighted by Crippen LogP contribution is -2.60. The topological polar surface area (TPSA) is 19.6 Å². The maximum atomic E-state index is 7.18. The van der Waals surface area contributed by atoms with E-state index in [4.69, 9.17) is 4.42 Å². The number of hydrogen-bond donors (Lipinski definition) is 0. The third kappa shape index (κ3) is 7.18. The highest BCUT2D eigenvalue weighted by Gasteiger charge is 2.47. The highest BCUT2D eigenvalue weighted by atomic mass is 32.1. The number of furan rings is 1. The minimum absolute atomic E-state index is 0.0227. The normalized spacial score (nSPS) is 16.3. The second kappa shape index (κ2) is 15.5. The van der Waals surface area contributed by atoms with Crippen LogP contribution in [0.15, 0.2) is 138 Å². The SMILES string of the molecule is CC(C)(C)c1ccc(N2c3cc4c(cc3B3c5sc6ccc(C(C)(C)c7ccccc7)cc6c5N(c5ccc(C(C)(C)C)cc5)c5cc(C(C)(C)C)cc2c53)oc2cc3c(cc24)C(C)(C)CCC3(C)C)cc1. The summed E-state index contributed by atoms with van der Waals surface area (Å²) >= 11 is 1.97. The van der Waals surface area contributed by atoms with Gasteiger partial charge in [0.25, 0.3) is 6.71 Å². The molecule has 0 atom stereocenters. The molecule has 3 aliphatic rings. The van der Waals surface area contributed by atoms with Crippen LogP contribution in [0.5, 0.6) is 0 Å². The molecule has 9 aromatic rings. The number of anilines is 6. The van der Waals surface area contributed by atoms with Crippen molar-refractivity contribution in [3.05, 3.63) is 172 Å². The lowest BCUT2D eigenvalue weighted by Gasteiger charge is -2.44. The highest BCUT2D eigenvalue weighted by molar-refractivity contribution is 7.33. The molecular weight excluding hydrogens is 892 g/mol. The minimum Gasteiger partial charge on any atom is -0.456 e. The van der Waals surface area contributed by atoms with E-state index in [1.54, 1.807) is 0 Å². The Morgan fingerprint density at radius 1 is 0.472 bits per heavy atom. The van der Waals surface area contributed by atoms with Gasteiger partial charge in [-0.1, -0.05) is 165 Å². The van der Waals surface area contributed by atoms with Gasteiger partial charge in [-0.05, 0) is 163 Å². The van der Waals surface area contributed by atoms with Crippen LogP contribution in [-0.2, 0) is 32.5 Å². The maximum absolute atomic E-state index is 7.18. The predicted molar refractivity (Wildman–Crippen MR) is 313 cm³/mol. The zero-order valence-corrected chi connectivity index (χ0v) is 46.2. The third-order valence-corrected chi connectivity index (χ3v) is 18.5. The molecule has 1 aliphatic carbocycles. The van der Waals surface area contributed by atoms with E-state index >= 15 is 0 Å². The summed E-state index contributed by atoms with van der Waals surface area (Å²) in [5.41, 5.74) is 21.2. The summed E-state index contributed by atoms with van der Waals surface area (Å²) in [4.78, 5) is 5.25. The van der Waals surface area contributed by atoms with Crippen molar-refractivity contribution in [2.75, 3.05) is 9.80 Å². The molecule has 7 aromatic carbocycles. The molecule has 12 rings (SSSR count). The zero-order chi connectivity index (χ0) is 50.8. The number of nitrogens with zero attached hydrogens (tertiary/aromatic N) is 2. The molecule has 4 heterocycles. The largest absolute Gasteiger partial charge is 0.456 e. The van der Waals surface area contributed by atoms with E-state index in [0.29, 0.717) is 0 Å². The first kappa shape index (κ1) is 47.0. The van der Waals surface area contributed by atoms with Crippen LogP contribution in [0, 0.1) is 0 Å². The van der Waals surface area contributed by atoms with Gasteiger partial charge in [0, 0.05) is 59.5 Å². The standard InChI is InChI=1S/C67H71BN2OS/c1-62(2,3)40-21-26-45(27-22-40)69-53-37-48-47-36-50-51(66(12,13)32-31-65(50,10)11)38-56(47)71-57(48)39-52(53)68-59-54(69)34-44(64(7,8)9)35-55(59)70(46-28-23-41(24-29-46)63(4,5)6)60-49-33-43(25-30-58(49)72-61(60)68)67(14,15)42-19-17-16-18-20-42/h16-30,33-39H,31-32H2,1-15H3. The van der Waals surface area contributed by atoms with E-state index in [1.807, 2.05) is 11.3 Å². The van der Waals surface area contributed by atoms with Crippen molar-refractivity contribution in [3.63, 3.8) is 0 Å².